The van der Waals surface area contributed by atoms with Crippen LogP contribution in [0.5, 0.6) is 0 Å². The summed E-state index contributed by atoms with van der Waals surface area (Å²) in [7, 11) is -3.60. The molecule has 1 N–H and O–H groups in total. The van der Waals surface area contributed by atoms with Gasteiger partial charge in [0, 0.05) is 35.8 Å². The topological polar surface area (TPSA) is 66.5 Å². The van der Waals surface area contributed by atoms with Crippen molar-refractivity contribution in [3.63, 3.8) is 0 Å². The number of carbonyl (C=O) groups is 1. The molecule has 0 aliphatic rings. The number of hydrogen-bond donors (Lipinski definition) is 1. The van der Waals surface area contributed by atoms with Gasteiger partial charge in [-0.1, -0.05) is 32.0 Å². The molecule has 0 saturated heterocycles. The number of amides is 1. The van der Waals surface area contributed by atoms with Crippen molar-refractivity contribution in [3.8, 4) is 0 Å². The van der Waals surface area contributed by atoms with Crippen molar-refractivity contribution in [3.05, 3.63) is 53.8 Å². The molecule has 2 aromatic rings. The molecule has 5 nitrogen and oxygen atoms in total. The lowest BCUT2D eigenvalue weighted by atomic mass is 10.2. The van der Waals surface area contributed by atoms with Crippen LogP contribution in [0.25, 0.3) is 0 Å². The Labute approximate surface area is 170 Å². The fraction of sp³-hybridized carbons (Fsp3) is 0.350. The van der Waals surface area contributed by atoms with E-state index in [0.717, 1.165) is 5.56 Å². The number of nitrogens with zero attached hydrogens (tertiary/aromatic N) is 1. The average molecular weight is 425 g/mol. The van der Waals surface area contributed by atoms with Gasteiger partial charge in [0.1, 0.15) is 5.82 Å². The number of hydrogen-bond acceptors (Lipinski definition) is 4. The molecule has 1 amide bonds. The second kappa shape index (κ2) is 10.0. The van der Waals surface area contributed by atoms with E-state index in [4.69, 9.17) is 0 Å². The second-order valence-corrected chi connectivity index (χ2v) is 9.22. The van der Waals surface area contributed by atoms with Crippen molar-refractivity contribution in [1.29, 1.82) is 0 Å². The maximum Gasteiger partial charge on any atom is 0.243 e. The Bertz CT molecular complexity index is 929. The molecule has 0 aliphatic heterocycles. The first-order chi connectivity index (χ1) is 13.3. The Morgan fingerprint density at radius 1 is 1.14 bits per heavy atom. The third-order valence-electron chi connectivity index (χ3n) is 4.25. The summed E-state index contributed by atoms with van der Waals surface area (Å²) in [6, 6.07) is 11.1. The standard InChI is InChI=1S/C20H25FN2O3S2/c1-4-23(5-2)28(25,26)16-11-10-15(3)18(14-16)22-20(24)12-13-27-19-9-7-6-8-17(19)21/h6-11,14H,4-5,12-13H2,1-3H3,(H,22,24). The molecular weight excluding hydrogens is 399 g/mol. The van der Waals surface area contributed by atoms with E-state index in [1.807, 2.05) is 0 Å². The highest BCUT2D eigenvalue weighted by atomic mass is 32.2. The molecule has 152 valence electrons. The molecule has 0 unspecified atom stereocenters. The van der Waals surface area contributed by atoms with Crippen LogP contribution in [-0.4, -0.2) is 37.5 Å². The van der Waals surface area contributed by atoms with Gasteiger partial charge >= 0.3 is 0 Å². The monoisotopic (exact) mass is 424 g/mol. The lowest BCUT2D eigenvalue weighted by Crippen LogP contribution is -2.30. The Kier molecular flexibility index (Phi) is 8.03. The number of anilines is 1. The summed E-state index contributed by atoms with van der Waals surface area (Å²) in [5.41, 5.74) is 1.24. The van der Waals surface area contributed by atoms with Crippen LogP contribution < -0.4 is 5.32 Å². The molecule has 0 bridgehead atoms. The minimum Gasteiger partial charge on any atom is -0.326 e. The Balaban J connectivity index is 2.05. The minimum atomic E-state index is -3.60. The van der Waals surface area contributed by atoms with Gasteiger partial charge in [0.15, 0.2) is 0 Å². The van der Waals surface area contributed by atoms with Gasteiger partial charge in [-0.15, -0.1) is 11.8 Å². The third kappa shape index (κ3) is 5.56. The summed E-state index contributed by atoms with van der Waals surface area (Å²) in [5.74, 6) is -0.133. The summed E-state index contributed by atoms with van der Waals surface area (Å²) in [4.78, 5) is 12.9. The molecule has 8 heteroatoms. The van der Waals surface area contributed by atoms with E-state index >= 15 is 0 Å². The number of rotatable bonds is 9. The Morgan fingerprint density at radius 3 is 2.46 bits per heavy atom. The lowest BCUT2D eigenvalue weighted by Gasteiger charge is -2.19. The molecule has 2 rings (SSSR count). The Morgan fingerprint density at radius 2 is 1.82 bits per heavy atom. The van der Waals surface area contributed by atoms with Crippen LogP contribution in [0, 0.1) is 12.7 Å². The molecule has 0 spiro atoms. The van der Waals surface area contributed by atoms with Crippen molar-refractivity contribution in [2.45, 2.75) is 37.0 Å². The molecule has 2 aromatic carbocycles. The van der Waals surface area contributed by atoms with Crippen LogP contribution in [0.15, 0.2) is 52.3 Å². The van der Waals surface area contributed by atoms with E-state index in [2.05, 4.69) is 5.32 Å². The lowest BCUT2D eigenvalue weighted by molar-refractivity contribution is -0.115. The van der Waals surface area contributed by atoms with Gasteiger partial charge in [0.05, 0.1) is 4.90 Å². The highest BCUT2D eigenvalue weighted by Crippen LogP contribution is 2.24. The van der Waals surface area contributed by atoms with Crippen molar-refractivity contribution in [2.75, 3.05) is 24.2 Å². The van der Waals surface area contributed by atoms with Crippen LogP contribution in [0.4, 0.5) is 10.1 Å². The zero-order valence-electron chi connectivity index (χ0n) is 16.2. The summed E-state index contributed by atoms with van der Waals surface area (Å²) >= 11 is 1.27. The van der Waals surface area contributed by atoms with Crippen molar-refractivity contribution in [1.82, 2.24) is 4.31 Å². The van der Waals surface area contributed by atoms with Crippen LogP contribution in [0.1, 0.15) is 25.8 Å². The number of carbonyl (C=O) groups excluding carboxylic acids is 1. The van der Waals surface area contributed by atoms with E-state index in [0.29, 0.717) is 29.4 Å². The van der Waals surface area contributed by atoms with E-state index < -0.39 is 10.0 Å². The number of benzene rings is 2. The third-order valence-corrected chi connectivity index (χ3v) is 7.35. The fourth-order valence-electron chi connectivity index (χ4n) is 2.64. The van der Waals surface area contributed by atoms with Gasteiger partial charge in [0.2, 0.25) is 15.9 Å². The zero-order valence-corrected chi connectivity index (χ0v) is 17.9. The molecule has 0 heterocycles. The van der Waals surface area contributed by atoms with Crippen molar-refractivity contribution < 1.29 is 17.6 Å². The van der Waals surface area contributed by atoms with Gasteiger partial charge in [-0.25, -0.2) is 12.8 Å². The number of halogens is 1. The first-order valence-corrected chi connectivity index (χ1v) is 11.5. The molecule has 0 fully saturated rings. The first-order valence-electron chi connectivity index (χ1n) is 9.07. The Hall–Kier alpha value is -1.90. The minimum absolute atomic E-state index is 0.151. The van der Waals surface area contributed by atoms with E-state index in [9.17, 15) is 17.6 Å². The fourth-order valence-corrected chi connectivity index (χ4v) is 5.01. The molecule has 0 radical (unpaired) electrons. The average Bonchev–Trinajstić information content (AvgIpc) is 2.65. The normalized spacial score (nSPS) is 11.6. The number of thioether (sulfide) groups is 1. The summed E-state index contributed by atoms with van der Waals surface area (Å²) < 4.78 is 40.3. The zero-order chi connectivity index (χ0) is 20.7. The highest BCUT2D eigenvalue weighted by Gasteiger charge is 2.22. The van der Waals surface area contributed by atoms with Gasteiger partial charge in [-0.2, -0.15) is 4.31 Å². The van der Waals surface area contributed by atoms with Gasteiger partial charge < -0.3 is 5.32 Å². The maximum absolute atomic E-state index is 13.6. The van der Waals surface area contributed by atoms with Crippen LogP contribution >= 0.6 is 11.8 Å². The summed E-state index contributed by atoms with van der Waals surface area (Å²) in [6.45, 7) is 6.12. The largest absolute Gasteiger partial charge is 0.326 e. The highest BCUT2D eigenvalue weighted by molar-refractivity contribution is 7.99. The van der Waals surface area contributed by atoms with Crippen LogP contribution in [0.2, 0.25) is 0 Å². The quantitative estimate of drug-likeness (QED) is 0.610. The van der Waals surface area contributed by atoms with Gasteiger partial charge in [0.25, 0.3) is 0 Å². The molecule has 28 heavy (non-hydrogen) atoms. The predicted molar refractivity (Wildman–Crippen MR) is 112 cm³/mol. The number of aryl methyl sites for hydroxylation is 1. The van der Waals surface area contributed by atoms with Crippen LogP contribution in [-0.2, 0) is 14.8 Å². The van der Waals surface area contributed by atoms with E-state index in [-0.39, 0.29) is 23.0 Å². The molecule has 0 aliphatic carbocycles. The number of sulfonamides is 1. The van der Waals surface area contributed by atoms with Gasteiger partial charge in [-0.3, -0.25) is 4.79 Å². The predicted octanol–water partition coefficient (Wildman–Crippen LogP) is 4.29. The molecular formula is C20H25FN2O3S2. The van der Waals surface area contributed by atoms with E-state index in [1.165, 1.54) is 28.2 Å². The second-order valence-electron chi connectivity index (χ2n) is 6.14. The van der Waals surface area contributed by atoms with Crippen LogP contribution in [0.3, 0.4) is 0 Å². The summed E-state index contributed by atoms with van der Waals surface area (Å²) in [6.07, 6.45) is 0.186. The smallest absolute Gasteiger partial charge is 0.243 e. The molecule has 0 aromatic heterocycles. The van der Waals surface area contributed by atoms with Crippen molar-refractivity contribution in [2.24, 2.45) is 0 Å². The molecule has 0 atom stereocenters. The van der Waals surface area contributed by atoms with E-state index in [1.54, 1.807) is 51.1 Å². The maximum atomic E-state index is 13.6. The number of nitrogens with one attached hydrogen (secondary N) is 1. The SMILES string of the molecule is CCN(CC)S(=O)(=O)c1ccc(C)c(NC(=O)CCSc2ccccc2F)c1. The first kappa shape index (κ1) is 22.4. The molecule has 0 saturated carbocycles. The van der Waals surface area contributed by atoms with Gasteiger partial charge in [-0.05, 0) is 36.8 Å². The van der Waals surface area contributed by atoms with Crippen molar-refractivity contribution >= 4 is 33.4 Å². The summed E-state index contributed by atoms with van der Waals surface area (Å²) in [5, 5.41) is 2.77.